The number of aryl methyl sites for hydroxylation is 1. The molecule has 0 unspecified atom stereocenters. The summed E-state index contributed by atoms with van der Waals surface area (Å²) in [7, 11) is 0. The third-order valence-electron chi connectivity index (χ3n) is 6.55. The van der Waals surface area contributed by atoms with Crippen LogP contribution >= 0.6 is 11.6 Å². The van der Waals surface area contributed by atoms with Crippen LogP contribution in [0.15, 0.2) is 40.9 Å². The number of carbonyl (C=O) groups is 1. The molecule has 3 aromatic rings. The van der Waals surface area contributed by atoms with Gasteiger partial charge in [0, 0.05) is 40.6 Å². The van der Waals surface area contributed by atoms with Gasteiger partial charge >= 0.3 is 0 Å². The lowest BCUT2D eigenvalue weighted by molar-refractivity contribution is -0.116. The summed E-state index contributed by atoms with van der Waals surface area (Å²) in [5.74, 6) is 1.36. The summed E-state index contributed by atoms with van der Waals surface area (Å²) in [4.78, 5) is 14.1. The van der Waals surface area contributed by atoms with Gasteiger partial charge in [0.05, 0.1) is 12.3 Å². The fraction of sp³-hybridized carbons (Fsp3) is 0.440. The number of likely N-dealkylation sites (tertiary alicyclic amines) is 1. The molecule has 0 atom stereocenters. The first kappa shape index (κ1) is 21.3. The molecule has 1 N–H and O–H groups in total. The molecule has 0 spiro atoms. The summed E-state index contributed by atoms with van der Waals surface area (Å²) >= 11 is 6.05. The lowest BCUT2D eigenvalue weighted by atomic mass is 9.91. The van der Waals surface area contributed by atoms with Crippen molar-refractivity contribution in [1.82, 2.24) is 10.1 Å². The predicted molar refractivity (Wildman–Crippen MR) is 126 cm³/mol. The second-order valence-electron chi connectivity index (χ2n) is 8.75. The van der Waals surface area contributed by atoms with Crippen molar-refractivity contribution in [2.45, 2.75) is 44.4 Å². The van der Waals surface area contributed by atoms with E-state index in [-0.39, 0.29) is 5.91 Å². The van der Waals surface area contributed by atoms with Crippen molar-refractivity contribution in [1.29, 1.82) is 0 Å². The Balaban J connectivity index is 1.03. The molecule has 1 amide bonds. The highest BCUT2D eigenvalue weighted by Gasteiger charge is 2.24. The van der Waals surface area contributed by atoms with Gasteiger partial charge in [0.1, 0.15) is 5.75 Å². The highest BCUT2D eigenvalue weighted by Crippen LogP contribution is 2.33. The molecule has 1 saturated heterocycles. The Bertz CT molecular complexity index is 1110. The molecular formula is C25H28ClN3O3. The molecule has 6 nitrogen and oxygen atoms in total. The molecular weight excluding hydrogens is 426 g/mol. The number of nitrogens with zero attached hydrogens (tertiary/aromatic N) is 2. The highest BCUT2D eigenvalue weighted by molar-refractivity contribution is 6.31. The summed E-state index contributed by atoms with van der Waals surface area (Å²) in [5, 5.41) is 9.04. The third-order valence-corrected chi connectivity index (χ3v) is 6.79. The fourth-order valence-corrected chi connectivity index (χ4v) is 4.89. The molecule has 0 radical (unpaired) electrons. The molecule has 0 aliphatic carbocycles. The summed E-state index contributed by atoms with van der Waals surface area (Å²) < 4.78 is 11.4. The predicted octanol–water partition coefficient (Wildman–Crippen LogP) is 5.40. The van der Waals surface area contributed by atoms with E-state index in [0.717, 1.165) is 79.8 Å². The van der Waals surface area contributed by atoms with E-state index in [1.54, 1.807) is 0 Å². The number of carbonyl (C=O) groups excluding carboxylic acids is 1. The van der Waals surface area contributed by atoms with E-state index in [2.05, 4.69) is 21.4 Å². The fourth-order valence-electron chi connectivity index (χ4n) is 4.72. The van der Waals surface area contributed by atoms with E-state index in [0.29, 0.717) is 24.0 Å². The van der Waals surface area contributed by atoms with E-state index >= 15 is 0 Å². The van der Waals surface area contributed by atoms with Crippen molar-refractivity contribution in [3.8, 4) is 5.75 Å². The molecule has 32 heavy (non-hydrogen) atoms. The molecule has 5 rings (SSSR count). The number of amides is 1. The standard InChI is InChI=1S/C25H28ClN3O3/c26-19-5-7-21-23(15-19)32-28-25(21)18-9-12-29(13-10-18)11-1-2-14-31-20-6-3-17-4-8-24(30)27-22(17)16-20/h3,5-7,15-16,18H,1-2,4,8-14H2,(H,27,30). The van der Waals surface area contributed by atoms with Crippen LogP contribution in [0.25, 0.3) is 11.0 Å². The quantitative estimate of drug-likeness (QED) is 0.485. The maximum Gasteiger partial charge on any atom is 0.224 e. The number of rotatable bonds is 7. The van der Waals surface area contributed by atoms with Crippen LogP contribution in [0, 0.1) is 0 Å². The van der Waals surface area contributed by atoms with Crippen LogP contribution in [0.4, 0.5) is 5.69 Å². The van der Waals surface area contributed by atoms with Gasteiger partial charge < -0.3 is 19.5 Å². The minimum absolute atomic E-state index is 0.0829. The van der Waals surface area contributed by atoms with Gasteiger partial charge in [0.15, 0.2) is 5.58 Å². The average Bonchev–Trinajstić information content (AvgIpc) is 3.22. The smallest absolute Gasteiger partial charge is 0.224 e. The molecule has 2 aliphatic rings. The van der Waals surface area contributed by atoms with Gasteiger partial charge in [-0.1, -0.05) is 22.8 Å². The Kier molecular flexibility index (Phi) is 6.32. The van der Waals surface area contributed by atoms with E-state index in [1.807, 2.05) is 30.3 Å². The number of ether oxygens (including phenoxy) is 1. The number of aromatic nitrogens is 1. The molecule has 2 aromatic carbocycles. The molecule has 168 valence electrons. The minimum Gasteiger partial charge on any atom is -0.494 e. The number of unbranched alkanes of at least 4 members (excludes halogenated alkanes) is 1. The molecule has 7 heteroatoms. The number of hydrogen-bond donors (Lipinski definition) is 1. The van der Waals surface area contributed by atoms with Crippen molar-refractivity contribution >= 4 is 34.2 Å². The molecule has 1 fully saturated rings. The van der Waals surface area contributed by atoms with Crippen molar-refractivity contribution in [3.05, 3.63) is 52.7 Å². The van der Waals surface area contributed by atoms with Crippen LogP contribution in [0.1, 0.15) is 49.3 Å². The zero-order valence-corrected chi connectivity index (χ0v) is 18.9. The van der Waals surface area contributed by atoms with Crippen molar-refractivity contribution in [3.63, 3.8) is 0 Å². The van der Waals surface area contributed by atoms with Crippen molar-refractivity contribution in [2.24, 2.45) is 0 Å². The summed E-state index contributed by atoms with van der Waals surface area (Å²) in [5.41, 5.74) is 3.93. The molecule has 3 heterocycles. The molecule has 0 saturated carbocycles. The van der Waals surface area contributed by atoms with Gasteiger partial charge in [0.2, 0.25) is 5.91 Å². The second-order valence-corrected chi connectivity index (χ2v) is 9.18. The minimum atomic E-state index is 0.0829. The molecule has 2 aliphatic heterocycles. The van der Waals surface area contributed by atoms with Crippen molar-refractivity contribution < 1.29 is 14.1 Å². The van der Waals surface area contributed by atoms with E-state index in [4.69, 9.17) is 20.9 Å². The van der Waals surface area contributed by atoms with Gasteiger partial charge in [0.25, 0.3) is 0 Å². The zero-order valence-electron chi connectivity index (χ0n) is 18.1. The number of benzene rings is 2. The monoisotopic (exact) mass is 453 g/mol. The van der Waals surface area contributed by atoms with Crippen molar-refractivity contribution in [2.75, 3.05) is 31.6 Å². The Morgan fingerprint density at radius 3 is 2.88 bits per heavy atom. The first-order chi connectivity index (χ1) is 15.7. The topological polar surface area (TPSA) is 67.6 Å². The van der Waals surface area contributed by atoms with Crippen LogP contribution in [-0.2, 0) is 11.2 Å². The summed E-state index contributed by atoms with van der Waals surface area (Å²) in [6, 6.07) is 11.8. The largest absolute Gasteiger partial charge is 0.494 e. The Labute approximate surface area is 192 Å². The van der Waals surface area contributed by atoms with Gasteiger partial charge in [-0.3, -0.25) is 4.79 Å². The van der Waals surface area contributed by atoms with Crippen LogP contribution in [0.3, 0.4) is 0 Å². The first-order valence-corrected chi connectivity index (χ1v) is 11.9. The van der Waals surface area contributed by atoms with Gasteiger partial charge in [-0.2, -0.15) is 0 Å². The zero-order chi connectivity index (χ0) is 21.9. The Hall–Kier alpha value is -2.57. The normalized spacial score (nSPS) is 17.3. The molecule has 0 bridgehead atoms. The maximum atomic E-state index is 11.6. The second kappa shape index (κ2) is 9.51. The number of halogens is 1. The van der Waals surface area contributed by atoms with E-state index < -0.39 is 0 Å². The van der Waals surface area contributed by atoms with Gasteiger partial charge in [-0.15, -0.1) is 0 Å². The first-order valence-electron chi connectivity index (χ1n) is 11.5. The van der Waals surface area contributed by atoms with Crippen LogP contribution in [0.2, 0.25) is 5.02 Å². The van der Waals surface area contributed by atoms with Gasteiger partial charge in [-0.25, -0.2) is 0 Å². The van der Waals surface area contributed by atoms with Crippen LogP contribution in [0.5, 0.6) is 5.75 Å². The Morgan fingerprint density at radius 2 is 2.00 bits per heavy atom. The summed E-state index contributed by atoms with van der Waals surface area (Å²) in [6.45, 7) is 3.94. The van der Waals surface area contributed by atoms with Crippen LogP contribution < -0.4 is 10.1 Å². The lowest BCUT2D eigenvalue weighted by Crippen LogP contribution is -2.34. The number of piperidine rings is 1. The Morgan fingerprint density at radius 1 is 1.12 bits per heavy atom. The SMILES string of the molecule is O=C1CCc2ccc(OCCCCN3CCC(c4noc5cc(Cl)ccc45)CC3)cc2N1. The maximum absolute atomic E-state index is 11.6. The highest BCUT2D eigenvalue weighted by atomic mass is 35.5. The van der Waals surface area contributed by atoms with E-state index in [1.165, 1.54) is 5.56 Å². The summed E-state index contributed by atoms with van der Waals surface area (Å²) in [6.07, 6.45) is 5.69. The average molecular weight is 454 g/mol. The number of nitrogens with one attached hydrogen (secondary N) is 1. The van der Waals surface area contributed by atoms with Gasteiger partial charge in [-0.05, 0) is 75.5 Å². The molecule has 1 aromatic heterocycles. The van der Waals surface area contributed by atoms with E-state index in [9.17, 15) is 4.79 Å². The number of anilines is 1. The lowest BCUT2D eigenvalue weighted by Gasteiger charge is -2.31. The number of hydrogen-bond acceptors (Lipinski definition) is 5. The number of fused-ring (bicyclic) bond motifs is 2. The third kappa shape index (κ3) is 4.76. The van der Waals surface area contributed by atoms with Crippen LogP contribution in [-0.4, -0.2) is 42.2 Å².